The average molecular weight is 501 g/mol. The summed E-state index contributed by atoms with van der Waals surface area (Å²) in [5, 5.41) is 24.7. The van der Waals surface area contributed by atoms with Gasteiger partial charge in [0.05, 0.1) is 6.10 Å². The summed E-state index contributed by atoms with van der Waals surface area (Å²) in [6.45, 7) is 14.3. The molecule has 0 aliphatic carbocycles. The van der Waals surface area contributed by atoms with Gasteiger partial charge in [0.2, 0.25) is 17.7 Å². The van der Waals surface area contributed by atoms with Crippen molar-refractivity contribution in [2.45, 2.75) is 72.3 Å². The van der Waals surface area contributed by atoms with Crippen molar-refractivity contribution in [1.82, 2.24) is 31.5 Å². The van der Waals surface area contributed by atoms with Gasteiger partial charge >= 0.3 is 0 Å². The highest BCUT2D eigenvalue weighted by Crippen LogP contribution is 1.97. The van der Waals surface area contributed by atoms with Crippen LogP contribution in [-0.4, -0.2) is 99.3 Å². The lowest BCUT2D eigenvalue weighted by atomic mass is 10.1. The Hall–Kier alpha value is -1.75. The first-order valence-electron chi connectivity index (χ1n) is 13.4. The molecule has 0 aliphatic heterocycles. The Kier molecular flexibility index (Phi) is 21.6. The highest BCUT2D eigenvalue weighted by molar-refractivity contribution is 5.77. The Labute approximate surface area is 212 Å². The molecular weight excluding hydrogens is 448 g/mol. The third kappa shape index (κ3) is 21.3. The first kappa shape index (κ1) is 33.2. The molecule has 0 spiro atoms. The molecule has 0 aliphatic rings. The predicted molar refractivity (Wildman–Crippen MR) is 141 cm³/mol. The van der Waals surface area contributed by atoms with Crippen LogP contribution in [0.2, 0.25) is 0 Å². The van der Waals surface area contributed by atoms with Crippen LogP contribution >= 0.6 is 0 Å². The second-order valence-corrected chi connectivity index (χ2v) is 9.13. The number of amides is 3. The van der Waals surface area contributed by atoms with Gasteiger partial charge in [0, 0.05) is 78.2 Å². The molecule has 0 bridgehead atoms. The SMILES string of the molecule is CCCC(=O)NCCN(CCC(=O)NCCNCC(C)CC)CCC(=O)NCCNCC(O)CC. The zero-order chi connectivity index (χ0) is 26.3. The molecule has 0 aromatic rings. The second kappa shape index (κ2) is 22.7. The maximum absolute atomic E-state index is 12.2. The molecule has 0 radical (unpaired) electrons. The van der Waals surface area contributed by atoms with Crippen LogP contribution in [0.25, 0.3) is 0 Å². The highest BCUT2D eigenvalue weighted by Gasteiger charge is 2.11. The van der Waals surface area contributed by atoms with Crippen LogP contribution < -0.4 is 26.6 Å². The first-order chi connectivity index (χ1) is 16.8. The number of nitrogens with one attached hydrogen (secondary N) is 5. The third-order valence-electron chi connectivity index (χ3n) is 5.83. The second-order valence-electron chi connectivity index (χ2n) is 9.13. The molecule has 0 aromatic heterocycles. The van der Waals surface area contributed by atoms with Gasteiger partial charge in [-0.3, -0.25) is 14.4 Å². The zero-order valence-electron chi connectivity index (χ0n) is 22.6. The molecule has 0 fully saturated rings. The molecule has 2 atom stereocenters. The molecule has 0 rings (SSSR count). The van der Waals surface area contributed by atoms with E-state index in [0.29, 0.717) is 84.0 Å². The van der Waals surface area contributed by atoms with E-state index in [1.54, 1.807) is 0 Å². The van der Waals surface area contributed by atoms with Crippen LogP contribution in [0.4, 0.5) is 0 Å². The van der Waals surface area contributed by atoms with Gasteiger partial charge in [-0.05, 0) is 25.3 Å². The third-order valence-corrected chi connectivity index (χ3v) is 5.83. The maximum Gasteiger partial charge on any atom is 0.221 e. The summed E-state index contributed by atoms with van der Waals surface area (Å²) < 4.78 is 0. The van der Waals surface area contributed by atoms with Crippen molar-refractivity contribution in [2.24, 2.45) is 5.92 Å². The van der Waals surface area contributed by atoms with Crippen molar-refractivity contribution < 1.29 is 19.5 Å². The van der Waals surface area contributed by atoms with Crippen molar-refractivity contribution in [3.8, 4) is 0 Å². The average Bonchev–Trinajstić information content (AvgIpc) is 2.84. The van der Waals surface area contributed by atoms with Gasteiger partial charge in [-0.25, -0.2) is 0 Å². The largest absolute Gasteiger partial charge is 0.392 e. The van der Waals surface area contributed by atoms with Gasteiger partial charge in [-0.1, -0.05) is 34.1 Å². The standard InChI is InChI=1S/C25H52N6O4/c1-5-8-23(33)30-15-18-31(16-9-24(34)28-13-11-26-19-21(4)6-2)17-10-25(35)29-14-12-27-20-22(32)7-3/h21-22,26-27,32H,5-20H2,1-4H3,(H,28,34)(H,29,35)(H,30,33). The summed E-state index contributed by atoms with van der Waals surface area (Å²) in [7, 11) is 0. The molecule has 3 amide bonds. The summed E-state index contributed by atoms with van der Waals surface area (Å²) in [5.74, 6) is 0.577. The fourth-order valence-corrected chi connectivity index (χ4v) is 3.19. The lowest BCUT2D eigenvalue weighted by molar-refractivity contribution is -0.123. The van der Waals surface area contributed by atoms with Crippen molar-refractivity contribution in [3.05, 3.63) is 0 Å². The van der Waals surface area contributed by atoms with E-state index in [9.17, 15) is 19.5 Å². The predicted octanol–water partition coefficient (Wildman–Crippen LogP) is 0.214. The molecule has 35 heavy (non-hydrogen) atoms. The molecule has 0 saturated carbocycles. The lowest BCUT2D eigenvalue weighted by Gasteiger charge is -2.22. The smallest absolute Gasteiger partial charge is 0.221 e. The van der Waals surface area contributed by atoms with Gasteiger partial charge in [-0.2, -0.15) is 0 Å². The van der Waals surface area contributed by atoms with E-state index in [0.717, 1.165) is 25.9 Å². The van der Waals surface area contributed by atoms with Crippen LogP contribution in [0.3, 0.4) is 0 Å². The summed E-state index contributed by atoms with van der Waals surface area (Å²) in [4.78, 5) is 38.2. The van der Waals surface area contributed by atoms with E-state index in [1.807, 2.05) is 18.7 Å². The summed E-state index contributed by atoms with van der Waals surface area (Å²) in [6.07, 6.45) is 3.43. The molecule has 0 aromatic carbocycles. The van der Waals surface area contributed by atoms with Crippen molar-refractivity contribution in [1.29, 1.82) is 0 Å². The molecule has 10 nitrogen and oxygen atoms in total. The van der Waals surface area contributed by atoms with Gasteiger partial charge in [0.1, 0.15) is 0 Å². The monoisotopic (exact) mass is 500 g/mol. The van der Waals surface area contributed by atoms with Gasteiger partial charge in [0.15, 0.2) is 0 Å². The van der Waals surface area contributed by atoms with Crippen LogP contribution in [0.1, 0.15) is 66.2 Å². The molecule has 6 N–H and O–H groups in total. The van der Waals surface area contributed by atoms with Crippen LogP contribution in [0.5, 0.6) is 0 Å². The topological polar surface area (TPSA) is 135 Å². The molecule has 0 heterocycles. The van der Waals surface area contributed by atoms with Gasteiger partial charge < -0.3 is 36.6 Å². The number of rotatable bonds is 23. The summed E-state index contributed by atoms with van der Waals surface area (Å²) in [5.41, 5.74) is 0. The summed E-state index contributed by atoms with van der Waals surface area (Å²) >= 11 is 0. The number of aliphatic hydroxyl groups is 1. The van der Waals surface area contributed by atoms with E-state index in [4.69, 9.17) is 0 Å². The van der Waals surface area contributed by atoms with Crippen molar-refractivity contribution in [2.75, 3.05) is 65.4 Å². The Morgan fingerprint density at radius 2 is 1.20 bits per heavy atom. The molecular formula is C25H52N6O4. The minimum atomic E-state index is -0.365. The Bertz CT molecular complexity index is 528. The molecule has 206 valence electrons. The lowest BCUT2D eigenvalue weighted by Crippen LogP contribution is -2.40. The first-order valence-corrected chi connectivity index (χ1v) is 13.4. The number of nitrogens with zero attached hydrogens (tertiary/aromatic N) is 1. The maximum atomic E-state index is 12.2. The normalized spacial score (nSPS) is 12.9. The fraction of sp³-hybridized carbons (Fsp3) is 0.880. The zero-order valence-corrected chi connectivity index (χ0v) is 22.6. The minimum absolute atomic E-state index is 0.0137. The molecule has 2 unspecified atom stereocenters. The number of carbonyl (C=O) groups excluding carboxylic acids is 3. The number of carbonyl (C=O) groups is 3. The van der Waals surface area contributed by atoms with E-state index in [2.05, 4.69) is 40.4 Å². The number of hydrogen-bond donors (Lipinski definition) is 6. The van der Waals surface area contributed by atoms with Gasteiger partial charge in [-0.15, -0.1) is 0 Å². The van der Waals surface area contributed by atoms with E-state index < -0.39 is 0 Å². The minimum Gasteiger partial charge on any atom is -0.392 e. The Balaban J connectivity index is 4.30. The molecule has 10 heteroatoms. The highest BCUT2D eigenvalue weighted by atomic mass is 16.3. The van der Waals surface area contributed by atoms with Gasteiger partial charge in [0.25, 0.3) is 0 Å². The van der Waals surface area contributed by atoms with Crippen molar-refractivity contribution in [3.63, 3.8) is 0 Å². The Morgan fingerprint density at radius 3 is 1.71 bits per heavy atom. The van der Waals surface area contributed by atoms with E-state index >= 15 is 0 Å². The van der Waals surface area contributed by atoms with Crippen LogP contribution in [0, 0.1) is 5.92 Å². The van der Waals surface area contributed by atoms with E-state index in [-0.39, 0.29) is 23.8 Å². The molecule has 0 saturated heterocycles. The Morgan fingerprint density at radius 1 is 0.686 bits per heavy atom. The quantitative estimate of drug-likeness (QED) is 0.110. The number of aliphatic hydroxyl groups excluding tert-OH is 1. The fourth-order valence-electron chi connectivity index (χ4n) is 3.19. The van der Waals surface area contributed by atoms with Crippen LogP contribution in [-0.2, 0) is 14.4 Å². The summed E-state index contributed by atoms with van der Waals surface area (Å²) in [6, 6.07) is 0. The number of hydrogen-bond acceptors (Lipinski definition) is 7. The van der Waals surface area contributed by atoms with E-state index in [1.165, 1.54) is 0 Å². The van der Waals surface area contributed by atoms with Crippen molar-refractivity contribution >= 4 is 17.7 Å². The van der Waals surface area contributed by atoms with Crippen LogP contribution in [0.15, 0.2) is 0 Å².